The van der Waals surface area contributed by atoms with Crippen molar-refractivity contribution in [1.82, 2.24) is 4.90 Å². The zero-order valence-electron chi connectivity index (χ0n) is 17.5. The van der Waals surface area contributed by atoms with Gasteiger partial charge in [-0.15, -0.1) is 0 Å². The molecule has 0 bridgehead atoms. The highest BCUT2D eigenvalue weighted by Crippen LogP contribution is 2.38. The summed E-state index contributed by atoms with van der Waals surface area (Å²) in [6.07, 6.45) is 2.34. The highest BCUT2D eigenvalue weighted by atomic mass is 16.5. The molecule has 4 rings (SSSR count). The molecular formula is C25H25NO5. The fraction of sp³-hybridized carbons (Fsp3) is 0.280. The normalized spacial score (nSPS) is 15.3. The smallest absolute Gasteiger partial charge is 0.290 e. The van der Waals surface area contributed by atoms with Gasteiger partial charge >= 0.3 is 0 Å². The summed E-state index contributed by atoms with van der Waals surface area (Å²) >= 11 is 0. The van der Waals surface area contributed by atoms with Crippen molar-refractivity contribution in [3.63, 3.8) is 0 Å². The van der Waals surface area contributed by atoms with Crippen molar-refractivity contribution in [2.24, 2.45) is 0 Å². The summed E-state index contributed by atoms with van der Waals surface area (Å²) in [6.45, 7) is 7.61. The molecule has 1 atom stereocenters. The van der Waals surface area contributed by atoms with Gasteiger partial charge in [0.05, 0.1) is 17.0 Å². The van der Waals surface area contributed by atoms with Crippen LogP contribution in [0.4, 0.5) is 0 Å². The number of nitrogens with zero attached hydrogens (tertiary/aromatic N) is 1. The van der Waals surface area contributed by atoms with Gasteiger partial charge in [-0.3, -0.25) is 9.59 Å². The van der Waals surface area contributed by atoms with E-state index in [9.17, 15) is 9.59 Å². The van der Waals surface area contributed by atoms with Crippen molar-refractivity contribution in [3.8, 4) is 5.75 Å². The van der Waals surface area contributed by atoms with Crippen LogP contribution in [0.5, 0.6) is 5.75 Å². The third-order valence-corrected chi connectivity index (χ3v) is 5.33. The van der Waals surface area contributed by atoms with Gasteiger partial charge in [-0.25, -0.2) is 0 Å². The van der Waals surface area contributed by atoms with Crippen LogP contribution in [0.15, 0.2) is 70.4 Å². The molecule has 160 valence electrons. The van der Waals surface area contributed by atoms with E-state index in [-0.39, 0.29) is 17.1 Å². The van der Waals surface area contributed by atoms with Crippen LogP contribution in [0.2, 0.25) is 0 Å². The minimum Gasteiger partial charge on any atom is -0.490 e. The van der Waals surface area contributed by atoms with E-state index in [1.165, 1.54) is 0 Å². The van der Waals surface area contributed by atoms with Crippen LogP contribution in [-0.4, -0.2) is 37.2 Å². The van der Waals surface area contributed by atoms with Gasteiger partial charge in [0.25, 0.3) is 5.91 Å². The Morgan fingerprint density at radius 3 is 2.65 bits per heavy atom. The Morgan fingerprint density at radius 2 is 1.90 bits per heavy atom. The van der Waals surface area contributed by atoms with E-state index in [2.05, 4.69) is 6.58 Å². The van der Waals surface area contributed by atoms with Crippen LogP contribution in [0, 0.1) is 0 Å². The Hall–Kier alpha value is -3.38. The van der Waals surface area contributed by atoms with Crippen LogP contribution >= 0.6 is 0 Å². The highest BCUT2D eigenvalue weighted by Gasteiger charge is 2.42. The lowest BCUT2D eigenvalue weighted by atomic mass is 9.98. The lowest BCUT2D eigenvalue weighted by molar-refractivity contribution is 0.0696. The topological polar surface area (TPSA) is 69.0 Å². The summed E-state index contributed by atoms with van der Waals surface area (Å²) in [4.78, 5) is 28.3. The second kappa shape index (κ2) is 9.18. The van der Waals surface area contributed by atoms with Crippen molar-refractivity contribution < 1.29 is 18.7 Å². The molecule has 2 heterocycles. The molecule has 0 aliphatic carbocycles. The first-order valence-corrected chi connectivity index (χ1v) is 10.4. The predicted molar refractivity (Wildman–Crippen MR) is 119 cm³/mol. The first-order chi connectivity index (χ1) is 15.2. The number of benzene rings is 2. The van der Waals surface area contributed by atoms with E-state index in [0.29, 0.717) is 55.1 Å². The largest absolute Gasteiger partial charge is 0.490 e. The Labute approximate surface area is 180 Å². The molecule has 1 aliphatic heterocycles. The second-order valence-electron chi connectivity index (χ2n) is 7.29. The molecule has 0 radical (unpaired) electrons. The number of carbonyl (C=O) groups is 1. The van der Waals surface area contributed by atoms with Gasteiger partial charge in [0.2, 0.25) is 5.76 Å². The Kier molecular flexibility index (Phi) is 6.18. The fourth-order valence-corrected chi connectivity index (χ4v) is 3.93. The SMILES string of the molecule is C=CCOc1ccc([C@@H]2c3c(oc4ccccc4c3=O)C(=O)N2CCCOCC)cc1. The molecule has 0 unspecified atom stereocenters. The molecule has 6 nitrogen and oxygen atoms in total. The maximum absolute atomic E-state index is 13.4. The van der Waals surface area contributed by atoms with Crippen molar-refractivity contribution in [2.75, 3.05) is 26.4 Å². The molecule has 31 heavy (non-hydrogen) atoms. The fourth-order valence-electron chi connectivity index (χ4n) is 3.93. The maximum atomic E-state index is 13.4. The lowest BCUT2D eigenvalue weighted by Crippen LogP contribution is -2.31. The number of carbonyl (C=O) groups excluding carboxylic acids is 1. The van der Waals surface area contributed by atoms with Gasteiger partial charge in [-0.05, 0) is 43.2 Å². The van der Waals surface area contributed by atoms with Gasteiger partial charge in [0, 0.05) is 19.8 Å². The Balaban J connectivity index is 1.77. The number of hydrogen-bond donors (Lipinski definition) is 0. The summed E-state index contributed by atoms with van der Waals surface area (Å²) in [7, 11) is 0. The summed E-state index contributed by atoms with van der Waals surface area (Å²) in [5, 5.41) is 0.473. The standard InChI is InChI=1S/C25H25NO5/c1-3-15-30-18-12-10-17(11-13-18)22-21-23(27)19-8-5-6-9-20(19)31-24(21)25(28)26(22)14-7-16-29-4-2/h3,5-6,8-13,22H,1,4,7,14-16H2,2H3/t22-/m1/s1. The van der Waals surface area contributed by atoms with Gasteiger partial charge in [-0.2, -0.15) is 0 Å². The molecule has 0 fully saturated rings. The monoisotopic (exact) mass is 419 g/mol. The molecule has 6 heteroatoms. The Bertz CT molecular complexity index is 1150. The zero-order chi connectivity index (χ0) is 21.8. The number of amides is 1. The second-order valence-corrected chi connectivity index (χ2v) is 7.29. The quantitative estimate of drug-likeness (QED) is 0.381. The van der Waals surface area contributed by atoms with Gasteiger partial charge in [0.15, 0.2) is 5.43 Å². The van der Waals surface area contributed by atoms with E-state index in [0.717, 1.165) is 5.56 Å². The van der Waals surface area contributed by atoms with Crippen molar-refractivity contribution in [1.29, 1.82) is 0 Å². The summed E-state index contributed by atoms with van der Waals surface area (Å²) in [5.41, 5.74) is 1.47. The first-order valence-electron chi connectivity index (χ1n) is 10.4. The average Bonchev–Trinajstić information content (AvgIpc) is 3.08. The molecule has 0 saturated carbocycles. The number of hydrogen-bond acceptors (Lipinski definition) is 5. The summed E-state index contributed by atoms with van der Waals surface area (Å²) < 4.78 is 16.9. The van der Waals surface area contributed by atoms with E-state index in [1.807, 2.05) is 31.2 Å². The summed E-state index contributed by atoms with van der Waals surface area (Å²) in [5.74, 6) is 0.546. The van der Waals surface area contributed by atoms with Crippen LogP contribution in [0.25, 0.3) is 11.0 Å². The van der Waals surface area contributed by atoms with Gasteiger partial charge in [0.1, 0.15) is 17.9 Å². The minimum absolute atomic E-state index is 0.122. The Morgan fingerprint density at radius 1 is 1.13 bits per heavy atom. The van der Waals surface area contributed by atoms with Crippen LogP contribution < -0.4 is 10.2 Å². The summed E-state index contributed by atoms with van der Waals surface area (Å²) in [6, 6.07) is 13.9. The molecule has 1 amide bonds. The van der Waals surface area contributed by atoms with E-state index in [1.54, 1.807) is 35.2 Å². The molecule has 1 aliphatic rings. The molecule has 0 N–H and O–H groups in total. The maximum Gasteiger partial charge on any atom is 0.290 e. The molecule has 1 aromatic heterocycles. The highest BCUT2D eigenvalue weighted by molar-refractivity contribution is 5.99. The number of ether oxygens (including phenoxy) is 2. The molecule has 2 aromatic carbocycles. The first kappa shape index (κ1) is 20.9. The van der Waals surface area contributed by atoms with Crippen molar-refractivity contribution in [2.45, 2.75) is 19.4 Å². The van der Waals surface area contributed by atoms with E-state index in [4.69, 9.17) is 13.9 Å². The minimum atomic E-state index is -0.515. The van der Waals surface area contributed by atoms with Crippen LogP contribution in [0.1, 0.15) is 41.1 Å². The molecule has 3 aromatic rings. The van der Waals surface area contributed by atoms with Crippen molar-refractivity contribution in [3.05, 3.63) is 88.3 Å². The number of fused-ring (bicyclic) bond motifs is 2. The predicted octanol–water partition coefficient (Wildman–Crippen LogP) is 4.33. The van der Waals surface area contributed by atoms with Crippen LogP contribution in [0.3, 0.4) is 0 Å². The molecule has 0 spiro atoms. The van der Waals surface area contributed by atoms with E-state index < -0.39 is 6.04 Å². The number of rotatable bonds is 9. The lowest BCUT2D eigenvalue weighted by Gasteiger charge is -2.25. The van der Waals surface area contributed by atoms with Crippen molar-refractivity contribution >= 4 is 16.9 Å². The zero-order valence-corrected chi connectivity index (χ0v) is 17.5. The van der Waals surface area contributed by atoms with Gasteiger partial charge < -0.3 is 18.8 Å². The molecule has 0 saturated heterocycles. The average molecular weight is 419 g/mol. The van der Waals surface area contributed by atoms with Gasteiger partial charge in [-0.1, -0.05) is 36.9 Å². The molecular weight excluding hydrogens is 394 g/mol. The van der Waals surface area contributed by atoms with Crippen LogP contribution in [-0.2, 0) is 4.74 Å². The third-order valence-electron chi connectivity index (χ3n) is 5.33. The number of para-hydroxylation sites is 1. The third kappa shape index (κ3) is 3.99. The van der Waals surface area contributed by atoms with E-state index >= 15 is 0 Å².